The molecule has 0 saturated heterocycles. The van der Waals surface area contributed by atoms with E-state index in [1.165, 1.54) is 6.07 Å². The maximum atomic E-state index is 12.1. The lowest BCUT2D eigenvalue weighted by Gasteiger charge is -2.08. The SMILES string of the molecule is C/C(=N\NC(=O)c1ccc(Cl)cc1Cl)c1cc(C)ccc1N. The largest absolute Gasteiger partial charge is 0.398 e. The van der Waals surface area contributed by atoms with E-state index in [0.29, 0.717) is 22.0 Å². The number of nitrogens with zero attached hydrogens (tertiary/aromatic N) is 1. The second-order valence-electron chi connectivity index (χ2n) is 4.85. The van der Waals surface area contributed by atoms with E-state index in [2.05, 4.69) is 10.5 Å². The quantitative estimate of drug-likeness (QED) is 0.505. The summed E-state index contributed by atoms with van der Waals surface area (Å²) < 4.78 is 0. The van der Waals surface area contributed by atoms with Gasteiger partial charge in [0.2, 0.25) is 0 Å². The van der Waals surface area contributed by atoms with Crippen LogP contribution in [0.5, 0.6) is 0 Å². The van der Waals surface area contributed by atoms with Gasteiger partial charge in [0.1, 0.15) is 0 Å². The second-order valence-corrected chi connectivity index (χ2v) is 5.70. The van der Waals surface area contributed by atoms with Crippen molar-refractivity contribution in [2.75, 3.05) is 5.73 Å². The number of halogens is 2. The van der Waals surface area contributed by atoms with Crippen molar-refractivity contribution >= 4 is 40.5 Å². The topological polar surface area (TPSA) is 67.5 Å². The first-order valence-electron chi connectivity index (χ1n) is 6.54. The van der Waals surface area contributed by atoms with Crippen molar-refractivity contribution in [3.63, 3.8) is 0 Å². The van der Waals surface area contributed by atoms with Crippen LogP contribution in [-0.2, 0) is 0 Å². The maximum absolute atomic E-state index is 12.1. The Kier molecular flexibility index (Phi) is 5.06. The fourth-order valence-corrected chi connectivity index (χ4v) is 2.41. The van der Waals surface area contributed by atoms with Crippen LogP contribution in [0.15, 0.2) is 41.5 Å². The number of rotatable bonds is 3. The van der Waals surface area contributed by atoms with Crippen LogP contribution < -0.4 is 11.2 Å². The number of amides is 1. The van der Waals surface area contributed by atoms with Crippen LogP contribution in [0.3, 0.4) is 0 Å². The van der Waals surface area contributed by atoms with Crippen molar-refractivity contribution in [3.05, 3.63) is 63.1 Å². The zero-order valence-electron chi connectivity index (χ0n) is 12.2. The van der Waals surface area contributed by atoms with Crippen LogP contribution >= 0.6 is 23.2 Å². The number of benzene rings is 2. The number of nitrogen functional groups attached to an aromatic ring is 1. The van der Waals surface area contributed by atoms with Gasteiger partial charge in [0.25, 0.3) is 5.91 Å². The molecule has 3 N–H and O–H groups in total. The molecule has 114 valence electrons. The van der Waals surface area contributed by atoms with Gasteiger partial charge in [0.05, 0.1) is 16.3 Å². The summed E-state index contributed by atoms with van der Waals surface area (Å²) in [6.07, 6.45) is 0. The number of hydrogen-bond donors (Lipinski definition) is 2. The fraction of sp³-hybridized carbons (Fsp3) is 0.125. The molecule has 0 aliphatic carbocycles. The normalized spacial score (nSPS) is 11.4. The minimum absolute atomic E-state index is 0.271. The third kappa shape index (κ3) is 3.78. The number of carbonyl (C=O) groups is 1. The molecule has 22 heavy (non-hydrogen) atoms. The molecule has 0 atom stereocenters. The molecule has 2 aromatic carbocycles. The van der Waals surface area contributed by atoms with Crippen LogP contribution in [-0.4, -0.2) is 11.6 Å². The Labute approximate surface area is 138 Å². The lowest BCUT2D eigenvalue weighted by atomic mass is 10.1. The van der Waals surface area contributed by atoms with E-state index in [4.69, 9.17) is 28.9 Å². The Balaban J connectivity index is 2.20. The first-order chi connectivity index (χ1) is 10.4. The van der Waals surface area contributed by atoms with Gasteiger partial charge in [0.15, 0.2) is 0 Å². The molecule has 0 unspecified atom stereocenters. The molecule has 0 aromatic heterocycles. The highest BCUT2D eigenvalue weighted by Gasteiger charge is 2.10. The molecule has 0 aliphatic rings. The summed E-state index contributed by atoms with van der Waals surface area (Å²) in [7, 11) is 0. The standard InChI is InChI=1S/C16H15Cl2N3O/c1-9-3-6-15(19)13(7-9)10(2)20-21-16(22)12-5-4-11(17)8-14(12)18/h3-8H,19H2,1-2H3,(H,21,22)/b20-10+. The molecule has 0 heterocycles. The Hall–Kier alpha value is -2.04. The van der Waals surface area contributed by atoms with Gasteiger partial charge in [-0.05, 0) is 44.2 Å². The predicted octanol–water partition coefficient (Wildman–Crippen LogP) is 4.04. The van der Waals surface area contributed by atoms with E-state index in [1.807, 2.05) is 25.1 Å². The first kappa shape index (κ1) is 16.3. The molecule has 0 bridgehead atoms. The van der Waals surface area contributed by atoms with Crippen molar-refractivity contribution < 1.29 is 4.79 Å². The van der Waals surface area contributed by atoms with E-state index in [0.717, 1.165) is 11.1 Å². The van der Waals surface area contributed by atoms with Gasteiger partial charge >= 0.3 is 0 Å². The average molecular weight is 336 g/mol. The van der Waals surface area contributed by atoms with Crippen LogP contribution in [0.4, 0.5) is 5.69 Å². The van der Waals surface area contributed by atoms with E-state index >= 15 is 0 Å². The third-order valence-corrected chi connectivity index (χ3v) is 3.65. The number of nitrogens with two attached hydrogens (primary N) is 1. The Bertz CT molecular complexity index is 757. The van der Waals surface area contributed by atoms with Crippen LogP contribution in [0, 0.1) is 6.92 Å². The smallest absolute Gasteiger partial charge is 0.272 e. The summed E-state index contributed by atoms with van der Waals surface area (Å²) >= 11 is 11.8. The van der Waals surface area contributed by atoms with Gasteiger partial charge in [0, 0.05) is 16.3 Å². The van der Waals surface area contributed by atoms with Crippen LogP contribution in [0.2, 0.25) is 10.0 Å². The summed E-state index contributed by atoms with van der Waals surface area (Å²) in [6, 6.07) is 10.3. The highest BCUT2D eigenvalue weighted by Crippen LogP contribution is 2.21. The van der Waals surface area contributed by atoms with Crippen molar-refractivity contribution in [1.29, 1.82) is 0 Å². The summed E-state index contributed by atoms with van der Waals surface area (Å²) in [5.74, 6) is -0.410. The zero-order chi connectivity index (χ0) is 16.3. The Morgan fingerprint density at radius 3 is 2.55 bits per heavy atom. The van der Waals surface area contributed by atoms with E-state index in [-0.39, 0.29) is 5.02 Å². The number of nitrogens with one attached hydrogen (secondary N) is 1. The minimum atomic E-state index is -0.410. The minimum Gasteiger partial charge on any atom is -0.398 e. The van der Waals surface area contributed by atoms with E-state index in [1.54, 1.807) is 19.1 Å². The molecule has 6 heteroatoms. The van der Waals surface area contributed by atoms with Gasteiger partial charge < -0.3 is 5.73 Å². The molecule has 4 nitrogen and oxygen atoms in total. The molecule has 0 radical (unpaired) electrons. The van der Waals surface area contributed by atoms with Crippen molar-refractivity contribution in [1.82, 2.24) is 5.43 Å². The third-order valence-electron chi connectivity index (χ3n) is 3.10. The summed E-state index contributed by atoms with van der Waals surface area (Å²) in [5, 5.41) is 4.82. The highest BCUT2D eigenvalue weighted by molar-refractivity contribution is 6.36. The number of hydrogen-bond acceptors (Lipinski definition) is 3. The monoisotopic (exact) mass is 335 g/mol. The summed E-state index contributed by atoms with van der Waals surface area (Å²) in [4.78, 5) is 12.1. The second kappa shape index (κ2) is 6.81. The Morgan fingerprint density at radius 2 is 1.86 bits per heavy atom. The number of aryl methyl sites for hydroxylation is 1. The Morgan fingerprint density at radius 1 is 1.14 bits per heavy atom. The molecule has 0 aliphatic heterocycles. The molecule has 2 rings (SSSR count). The fourth-order valence-electron chi connectivity index (χ4n) is 1.91. The van der Waals surface area contributed by atoms with Crippen molar-refractivity contribution in [3.8, 4) is 0 Å². The lowest BCUT2D eigenvalue weighted by Crippen LogP contribution is -2.20. The van der Waals surface area contributed by atoms with E-state index in [9.17, 15) is 4.79 Å². The van der Waals surface area contributed by atoms with Crippen LogP contribution in [0.25, 0.3) is 0 Å². The lowest BCUT2D eigenvalue weighted by molar-refractivity contribution is 0.0955. The molecular formula is C16H15Cl2N3O. The number of anilines is 1. The summed E-state index contributed by atoms with van der Waals surface area (Å²) in [6.45, 7) is 3.73. The molecular weight excluding hydrogens is 321 g/mol. The van der Waals surface area contributed by atoms with Crippen molar-refractivity contribution in [2.24, 2.45) is 5.10 Å². The van der Waals surface area contributed by atoms with Gasteiger partial charge in [-0.15, -0.1) is 0 Å². The molecule has 1 amide bonds. The van der Waals surface area contributed by atoms with E-state index < -0.39 is 5.91 Å². The average Bonchev–Trinajstić information content (AvgIpc) is 2.47. The van der Waals surface area contributed by atoms with Gasteiger partial charge in [-0.3, -0.25) is 4.79 Å². The van der Waals surface area contributed by atoms with Crippen molar-refractivity contribution in [2.45, 2.75) is 13.8 Å². The first-order valence-corrected chi connectivity index (χ1v) is 7.30. The summed E-state index contributed by atoms with van der Waals surface area (Å²) in [5.41, 5.74) is 11.7. The van der Waals surface area contributed by atoms with Gasteiger partial charge in [-0.25, -0.2) is 5.43 Å². The predicted molar refractivity (Wildman–Crippen MR) is 91.7 cm³/mol. The molecule has 2 aromatic rings. The molecule has 0 saturated carbocycles. The molecule has 0 fully saturated rings. The number of hydrazone groups is 1. The van der Waals surface area contributed by atoms with Gasteiger partial charge in [-0.1, -0.05) is 34.8 Å². The highest BCUT2D eigenvalue weighted by atomic mass is 35.5. The van der Waals surface area contributed by atoms with Crippen LogP contribution in [0.1, 0.15) is 28.4 Å². The molecule has 0 spiro atoms. The zero-order valence-corrected chi connectivity index (χ0v) is 13.7. The van der Waals surface area contributed by atoms with Gasteiger partial charge in [-0.2, -0.15) is 5.10 Å². The maximum Gasteiger partial charge on any atom is 0.272 e. The number of carbonyl (C=O) groups excluding carboxylic acids is 1.